The molecule has 0 spiro atoms. The van der Waals surface area contributed by atoms with Gasteiger partial charge in [-0.3, -0.25) is 0 Å². The first-order valence-corrected chi connectivity index (χ1v) is 7.69. The van der Waals surface area contributed by atoms with Crippen LogP contribution in [-0.4, -0.2) is 40.3 Å². The average Bonchev–Trinajstić information content (AvgIpc) is 3.04. The minimum atomic E-state index is -0.627. The van der Waals surface area contributed by atoms with Crippen LogP contribution in [0.3, 0.4) is 0 Å². The number of ether oxygens (including phenoxy) is 1. The van der Waals surface area contributed by atoms with Gasteiger partial charge in [0, 0.05) is 12.1 Å². The van der Waals surface area contributed by atoms with Gasteiger partial charge in [0.2, 0.25) is 0 Å². The maximum Gasteiger partial charge on any atom is 0.119 e. The molecule has 118 valence electrons. The molecule has 0 aliphatic carbocycles. The Labute approximate surface area is 130 Å². The van der Waals surface area contributed by atoms with Crippen molar-refractivity contribution in [1.29, 1.82) is 0 Å². The molecule has 1 unspecified atom stereocenters. The molecule has 0 saturated carbocycles. The molecule has 22 heavy (non-hydrogen) atoms. The fourth-order valence-electron chi connectivity index (χ4n) is 2.84. The van der Waals surface area contributed by atoms with Crippen LogP contribution in [0.2, 0.25) is 0 Å². The maximum absolute atomic E-state index is 10.4. The van der Waals surface area contributed by atoms with Crippen LogP contribution in [0.25, 0.3) is 0 Å². The minimum absolute atomic E-state index is 0.394. The number of nitrogens with one attached hydrogen (secondary N) is 1. The van der Waals surface area contributed by atoms with Crippen molar-refractivity contribution in [2.75, 3.05) is 20.2 Å². The van der Waals surface area contributed by atoms with Gasteiger partial charge in [0.1, 0.15) is 5.75 Å². The summed E-state index contributed by atoms with van der Waals surface area (Å²) in [6.07, 6.45) is 3.52. The lowest BCUT2D eigenvalue weighted by Gasteiger charge is -2.20. The number of benzene rings is 1. The van der Waals surface area contributed by atoms with E-state index in [0.29, 0.717) is 12.5 Å². The van der Waals surface area contributed by atoms with E-state index >= 15 is 0 Å². The lowest BCUT2D eigenvalue weighted by molar-refractivity contribution is 0.150. The minimum Gasteiger partial charge on any atom is -0.497 e. The van der Waals surface area contributed by atoms with Crippen molar-refractivity contribution >= 4 is 0 Å². The summed E-state index contributed by atoms with van der Waals surface area (Å²) < 4.78 is 6.91. The standard InChI is InChI=1S/C16H22N4O2/c1-22-14-4-2-3-13(9-14)16(21)11-20-10-15(18-19-20)12-5-7-17-8-6-12/h2-4,9-10,12,16-17,21H,5-8,11H2,1H3. The van der Waals surface area contributed by atoms with Gasteiger partial charge >= 0.3 is 0 Å². The van der Waals surface area contributed by atoms with Crippen LogP contribution >= 0.6 is 0 Å². The van der Waals surface area contributed by atoms with Crippen molar-refractivity contribution < 1.29 is 9.84 Å². The Kier molecular flexibility index (Phi) is 4.70. The molecule has 2 N–H and O–H groups in total. The third kappa shape index (κ3) is 3.45. The lowest BCUT2D eigenvalue weighted by atomic mass is 9.95. The second-order valence-corrected chi connectivity index (χ2v) is 5.68. The predicted molar refractivity (Wildman–Crippen MR) is 82.8 cm³/mol. The monoisotopic (exact) mass is 302 g/mol. The van der Waals surface area contributed by atoms with E-state index < -0.39 is 6.10 Å². The molecule has 0 radical (unpaired) electrons. The van der Waals surface area contributed by atoms with Crippen molar-refractivity contribution in [3.8, 4) is 5.75 Å². The Morgan fingerprint density at radius 1 is 1.41 bits per heavy atom. The summed E-state index contributed by atoms with van der Waals surface area (Å²) in [5, 5.41) is 22.1. The van der Waals surface area contributed by atoms with Crippen LogP contribution in [0.15, 0.2) is 30.5 Å². The molecule has 1 saturated heterocycles. The van der Waals surface area contributed by atoms with Crippen LogP contribution in [0.5, 0.6) is 5.75 Å². The molecule has 0 amide bonds. The van der Waals surface area contributed by atoms with Crippen LogP contribution in [0.1, 0.15) is 36.1 Å². The number of hydrogen-bond acceptors (Lipinski definition) is 5. The Bertz CT molecular complexity index is 608. The fraction of sp³-hybridized carbons (Fsp3) is 0.500. The van der Waals surface area contributed by atoms with Gasteiger partial charge in [-0.1, -0.05) is 17.3 Å². The van der Waals surface area contributed by atoms with E-state index in [0.717, 1.165) is 42.9 Å². The number of hydrogen-bond donors (Lipinski definition) is 2. The molecule has 2 heterocycles. The summed E-state index contributed by atoms with van der Waals surface area (Å²) in [6.45, 7) is 2.46. The van der Waals surface area contributed by atoms with E-state index in [4.69, 9.17) is 4.74 Å². The second kappa shape index (κ2) is 6.89. The van der Waals surface area contributed by atoms with Gasteiger partial charge in [-0.05, 0) is 43.6 Å². The molecule has 6 nitrogen and oxygen atoms in total. The predicted octanol–water partition coefficient (Wildman–Crippen LogP) is 1.49. The molecule has 2 aromatic rings. The van der Waals surface area contributed by atoms with Crippen LogP contribution in [-0.2, 0) is 6.54 Å². The summed E-state index contributed by atoms with van der Waals surface area (Å²) in [6, 6.07) is 7.47. The largest absolute Gasteiger partial charge is 0.497 e. The normalized spacial score (nSPS) is 17.4. The van der Waals surface area contributed by atoms with Gasteiger partial charge in [-0.2, -0.15) is 0 Å². The molecule has 1 aliphatic heterocycles. The number of nitrogens with zero attached hydrogens (tertiary/aromatic N) is 3. The second-order valence-electron chi connectivity index (χ2n) is 5.68. The summed E-state index contributed by atoms with van der Waals surface area (Å²) in [7, 11) is 1.62. The molecule has 1 atom stereocenters. The van der Waals surface area contributed by atoms with E-state index in [2.05, 4.69) is 15.6 Å². The molecule has 1 aromatic heterocycles. The fourth-order valence-corrected chi connectivity index (χ4v) is 2.84. The van der Waals surface area contributed by atoms with Crippen molar-refractivity contribution in [2.45, 2.75) is 31.4 Å². The Morgan fingerprint density at radius 3 is 3.00 bits per heavy atom. The third-order valence-electron chi connectivity index (χ3n) is 4.15. The van der Waals surface area contributed by atoms with Crippen molar-refractivity contribution in [2.24, 2.45) is 0 Å². The maximum atomic E-state index is 10.4. The number of piperidine rings is 1. The highest BCUT2D eigenvalue weighted by molar-refractivity contribution is 5.29. The van der Waals surface area contributed by atoms with Gasteiger partial charge in [0.15, 0.2) is 0 Å². The Balaban J connectivity index is 1.66. The average molecular weight is 302 g/mol. The molecule has 0 bridgehead atoms. The highest BCUT2D eigenvalue weighted by Crippen LogP contribution is 2.24. The zero-order valence-electron chi connectivity index (χ0n) is 12.8. The van der Waals surface area contributed by atoms with E-state index in [1.54, 1.807) is 11.8 Å². The summed E-state index contributed by atoms with van der Waals surface area (Å²) in [5.74, 6) is 1.22. The first-order valence-electron chi connectivity index (χ1n) is 7.69. The summed E-state index contributed by atoms with van der Waals surface area (Å²) in [5.41, 5.74) is 1.85. The van der Waals surface area contributed by atoms with E-state index in [1.807, 2.05) is 30.5 Å². The zero-order valence-corrected chi connectivity index (χ0v) is 12.8. The highest BCUT2D eigenvalue weighted by Gasteiger charge is 2.19. The zero-order chi connectivity index (χ0) is 15.4. The molecule has 1 aromatic carbocycles. The van der Waals surface area contributed by atoms with Crippen molar-refractivity contribution in [3.05, 3.63) is 41.7 Å². The number of aliphatic hydroxyl groups is 1. The van der Waals surface area contributed by atoms with Gasteiger partial charge in [-0.15, -0.1) is 5.10 Å². The van der Waals surface area contributed by atoms with Crippen molar-refractivity contribution in [3.63, 3.8) is 0 Å². The van der Waals surface area contributed by atoms with Crippen LogP contribution in [0.4, 0.5) is 0 Å². The van der Waals surface area contributed by atoms with E-state index in [1.165, 1.54) is 0 Å². The first-order chi connectivity index (χ1) is 10.8. The smallest absolute Gasteiger partial charge is 0.119 e. The SMILES string of the molecule is COc1cccc(C(O)Cn2cc(C3CCNCC3)nn2)c1. The van der Waals surface area contributed by atoms with Gasteiger partial charge in [0.05, 0.1) is 25.5 Å². The van der Waals surface area contributed by atoms with Gasteiger partial charge in [-0.25, -0.2) is 4.68 Å². The highest BCUT2D eigenvalue weighted by atomic mass is 16.5. The van der Waals surface area contributed by atoms with E-state index in [9.17, 15) is 5.11 Å². The Morgan fingerprint density at radius 2 is 2.23 bits per heavy atom. The first kappa shape index (κ1) is 15.0. The molecular formula is C16H22N4O2. The van der Waals surface area contributed by atoms with Crippen LogP contribution in [0, 0.1) is 0 Å². The number of methoxy groups -OCH3 is 1. The Hall–Kier alpha value is -1.92. The van der Waals surface area contributed by atoms with Crippen LogP contribution < -0.4 is 10.1 Å². The molecule has 1 aliphatic rings. The lowest BCUT2D eigenvalue weighted by Crippen LogP contribution is -2.26. The summed E-state index contributed by atoms with van der Waals surface area (Å²) >= 11 is 0. The van der Waals surface area contributed by atoms with Gasteiger partial charge < -0.3 is 15.2 Å². The number of rotatable bonds is 5. The third-order valence-corrected chi connectivity index (χ3v) is 4.15. The molecule has 3 rings (SSSR count). The number of aliphatic hydroxyl groups excluding tert-OH is 1. The van der Waals surface area contributed by atoms with Gasteiger partial charge in [0.25, 0.3) is 0 Å². The van der Waals surface area contributed by atoms with Crippen molar-refractivity contribution in [1.82, 2.24) is 20.3 Å². The topological polar surface area (TPSA) is 72.2 Å². The quantitative estimate of drug-likeness (QED) is 0.875. The summed E-state index contributed by atoms with van der Waals surface area (Å²) in [4.78, 5) is 0. The molecular weight excluding hydrogens is 280 g/mol. The molecule has 1 fully saturated rings. The van der Waals surface area contributed by atoms with E-state index in [-0.39, 0.29) is 0 Å². The molecule has 6 heteroatoms. The number of aromatic nitrogens is 3.